The number of rotatable bonds is 4. The minimum Gasteiger partial charge on any atom is -0.497 e. The van der Waals surface area contributed by atoms with E-state index in [9.17, 15) is 4.79 Å². The number of carbonyl (C=O) groups excluding carboxylic acids is 1. The molecule has 2 aromatic carbocycles. The van der Waals surface area contributed by atoms with Crippen LogP contribution in [-0.4, -0.2) is 20.2 Å². The Labute approximate surface area is 148 Å². The second-order valence-electron chi connectivity index (χ2n) is 5.11. The summed E-state index contributed by atoms with van der Waals surface area (Å²) < 4.78 is 16.9. The molecule has 1 heterocycles. The number of benzene rings is 2. The molecule has 1 aliphatic rings. The highest BCUT2D eigenvalue weighted by atomic mass is 79.9. The molecule has 0 saturated heterocycles. The molecule has 0 bridgehead atoms. The first-order valence-corrected chi connectivity index (χ1v) is 8.03. The zero-order valence-electron chi connectivity index (χ0n) is 13.2. The summed E-state index contributed by atoms with van der Waals surface area (Å²) >= 11 is 3.39. The summed E-state index contributed by atoms with van der Waals surface area (Å²) in [6.07, 6.45) is 3.46. The Hall–Kier alpha value is -2.53. The number of hydrogen-bond acceptors (Lipinski definition) is 4. The Morgan fingerprint density at radius 2 is 1.79 bits per heavy atom. The van der Waals surface area contributed by atoms with Gasteiger partial charge in [0.2, 0.25) is 0 Å². The van der Waals surface area contributed by atoms with Crippen LogP contribution in [0, 0.1) is 0 Å². The van der Waals surface area contributed by atoms with E-state index in [1.165, 1.54) is 0 Å². The molecule has 4 nitrogen and oxygen atoms in total. The molecule has 0 aromatic heterocycles. The molecule has 0 aliphatic carbocycles. The fourth-order valence-corrected chi connectivity index (χ4v) is 2.63. The average Bonchev–Trinajstić information content (AvgIpc) is 2.96. The van der Waals surface area contributed by atoms with E-state index in [-0.39, 0.29) is 0 Å². The van der Waals surface area contributed by atoms with E-state index in [0.717, 1.165) is 15.6 Å². The van der Waals surface area contributed by atoms with Crippen LogP contribution in [0.2, 0.25) is 0 Å². The minimum atomic E-state index is -0.391. The second-order valence-corrected chi connectivity index (χ2v) is 6.03. The van der Waals surface area contributed by atoms with Gasteiger partial charge in [-0.1, -0.05) is 28.1 Å². The van der Waals surface area contributed by atoms with Crippen molar-refractivity contribution >= 4 is 33.7 Å². The number of cyclic esters (lactones) is 1. The van der Waals surface area contributed by atoms with Gasteiger partial charge in [-0.3, -0.25) is 0 Å². The van der Waals surface area contributed by atoms with E-state index in [4.69, 9.17) is 14.2 Å². The van der Waals surface area contributed by atoms with Gasteiger partial charge in [-0.15, -0.1) is 0 Å². The molecule has 0 radical (unpaired) electrons. The van der Waals surface area contributed by atoms with Crippen LogP contribution in [0.25, 0.3) is 11.8 Å². The van der Waals surface area contributed by atoms with Gasteiger partial charge in [-0.25, -0.2) is 4.79 Å². The van der Waals surface area contributed by atoms with E-state index in [1.54, 1.807) is 38.5 Å². The van der Waals surface area contributed by atoms with E-state index in [2.05, 4.69) is 15.9 Å². The average molecular weight is 387 g/mol. The third kappa shape index (κ3) is 3.36. The summed E-state index contributed by atoms with van der Waals surface area (Å²) in [5, 5.41) is 0. The zero-order valence-corrected chi connectivity index (χ0v) is 14.8. The number of halogens is 1. The molecule has 5 heteroatoms. The number of carbonyl (C=O) groups is 1. The topological polar surface area (TPSA) is 44.8 Å². The van der Waals surface area contributed by atoms with Gasteiger partial charge in [-0.2, -0.15) is 0 Å². The molecule has 0 atom stereocenters. The molecule has 0 spiro atoms. The number of methoxy groups -OCH3 is 2. The molecule has 122 valence electrons. The van der Waals surface area contributed by atoms with Crippen molar-refractivity contribution in [1.82, 2.24) is 0 Å². The first-order valence-electron chi connectivity index (χ1n) is 7.24. The highest BCUT2D eigenvalue weighted by Gasteiger charge is 2.22. The molecule has 0 amide bonds. The van der Waals surface area contributed by atoms with Crippen LogP contribution in [-0.2, 0) is 9.53 Å². The van der Waals surface area contributed by atoms with Gasteiger partial charge in [0, 0.05) is 15.6 Å². The van der Waals surface area contributed by atoms with Gasteiger partial charge >= 0.3 is 5.97 Å². The maximum atomic E-state index is 12.2. The van der Waals surface area contributed by atoms with Crippen molar-refractivity contribution in [3.8, 4) is 11.5 Å². The van der Waals surface area contributed by atoms with Crippen LogP contribution in [0.1, 0.15) is 11.1 Å². The van der Waals surface area contributed by atoms with Crippen LogP contribution in [0.15, 0.2) is 58.6 Å². The van der Waals surface area contributed by atoms with Crippen LogP contribution in [0.5, 0.6) is 11.5 Å². The SMILES string of the molecule is COc1ccc(OC)c(/C=C2\C=C(c3ccc(Br)cc3)OC2=O)c1. The molecule has 24 heavy (non-hydrogen) atoms. The van der Waals surface area contributed by atoms with Gasteiger partial charge in [0.15, 0.2) is 0 Å². The highest BCUT2D eigenvalue weighted by molar-refractivity contribution is 9.10. The molecule has 2 aromatic rings. The first kappa shape index (κ1) is 16.3. The Kier molecular flexibility index (Phi) is 4.71. The Morgan fingerprint density at radius 1 is 1.04 bits per heavy atom. The Bertz CT molecular complexity index is 835. The lowest BCUT2D eigenvalue weighted by atomic mass is 10.1. The highest BCUT2D eigenvalue weighted by Crippen LogP contribution is 2.31. The van der Waals surface area contributed by atoms with Crippen molar-refractivity contribution < 1.29 is 19.0 Å². The van der Waals surface area contributed by atoms with Crippen molar-refractivity contribution in [3.63, 3.8) is 0 Å². The number of ether oxygens (including phenoxy) is 3. The number of esters is 1. The lowest BCUT2D eigenvalue weighted by molar-refractivity contribution is -0.130. The van der Waals surface area contributed by atoms with Crippen molar-refractivity contribution in [1.29, 1.82) is 0 Å². The predicted octanol–water partition coefficient (Wildman–Crippen LogP) is 4.45. The van der Waals surface area contributed by atoms with Gasteiger partial charge in [-0.05, 0) is 42.5 Å². The van der Waals surface area contributed by atoms with Gasteiger partial charge in [0.1, 0.15) is 17.3 Å². The molecule has 0 N–H and O–H groups in total. The van der Waals surface area contributed by atoms with Gasteiger partial charge < -0.3 is 14.2 Å². The van der Waals surface area contributed by atoms with Crippen molar-refractivity contribution in [2.45, 2.75) is 0 Å². The summed E-state index contributed by atoms with van der Waals surface area (Å²) in [6, 6.07) is 13.0. The molecule has 0 fully saturated rings. The fraction of sp³-hybridized carbons (Fsp3) is 0.105. The molecule has 0 saturated carbocycles. The summed E-state index contributed by atoms with van der Waals surface area (Å²) in [4.78, 5) is 12.2. The predicted molar refractivity (Wildman–Crippen MR) is 95.7 cm³/mol. The lowest BCUT2D eigenvalue weighted by Crippen LogP contribution is -1.98. The third-order valence-electron chi connectivity index (χ3n) is 3.60. The minimum absolute atomic E-state index is 0.391. The van der Waals surface area contributed by atoms with Gasteiger partial charge in [0.25, 0.3) is 0 Å². The smallest absolute Gasteiger partial charge is 0.343 e. The van der Waals surface area contributed by atoms with Crippen LogP contribution >= 0.6 is 15.9 Å². The third-order valence-corrected chi connectivity index (χ3v) is 4.13. The normalized spacial score (nSPS) is 15.2. The largest absolute Gasteiger partial charge is 0.497 e. The van der Waals surface area contributed by atoms with Crippen molar-refractivity contribution in [2.24, 2.45) is 0 Å². The van der Waals surface area contributed by atoms with E-state index in [0.29, 0.717) is 22.8 Å². The monoisotopic (exact) mass is 386 g/mol. The van der Waals surface area contributed by atoms with Crippen molar-refractivity contribution in [3.05, 3.63) is 69.7 Å². The first-order chi connectivity index (χ1) is 11.6. The fourth-order valence-electron chi connectivity index (χ4n) is 2.37. The van der Waals surface area contributed by atoms with Crippen LogP contribution in [0.3, 0.4) is 0 Å². The molecular weight excluding hydrogens is 372 g/mol. The molecular formula is C19H15BrO4. The van der Waals surface area contributed by atoms with E-state index in [1.807, 2.05) is 30.3 Å². The van der Waals surface area contributed by atoms with Crippen LogP contribution in [0.4, 0.5) is 0 Å². The lowest BCUT2D eigenvalue weighted by Gasteiger charge is -2.07. The standard InChI is InChI=1S/C19H15BrO4/c1-22-16-7-8-17(23-2)13(10-16)9-14-11-18(24-19(14)21)12-3-5-15(20)6-4-12/h3-11H,1-2H3/b14-9+. The maximum Gasteiger partial charge on any atom is 0.343 e. The van der Waals surface area contributed by atoms with E-state index >= 15 is 0 Å². The van der Waals surface area contributed by atoms with Crippen molar-refractivity contribution in [2.75, 3.05) is 14.2 Å². The van der Waals surface area contributed by atoms with Gasteiger partial charge in [0.05, 0.1) is 19.8 Å². The van der Waals surface area contributed by atoms with Crippen LogP contribution < -0.4 is 9.47 Å². The zero-order chi connectivity index (χ0) is 17.1. The molecule has 1 aliphatic heterocycles. The summed E-state index contributed by atoms with van der Waals surface area (Å²) in [7, 11) is 3.17. The molecule has 3 rings (SSSR count). The summed E-state index contributed by atoms with van der Waals surface area (Å²) in [5.74, 6) is 1.48. The second kappa shape index (κ2) is 6.93. The number of hydrogen-bond donors (Lipinski definition) is 0. The Morgan fingerprint density at radius 3 is 2.46 bits per heavy atom. The summed E-state index contributed by atoms with van der Waals surface area (Å²) in [5.41, 5.74) is 2.05. The summed E-state index contributed by atoms with van der Waals surface area (Å²) in [6.45, 7) is 0. The Balaban J connectivity index is 1.98. The quantitative estimate of drug-likeness (QED) is 0.575. The molecule has 0 unspecified atom stereocenters. The van der Waals surface area contributed by atoms with E-state index < -0.39 is 5.97 Å². The maximum absolute atomic E-state index is 12.2.